The van der Waals surface area contributed by atoms with Crippen molar-refractivity contribution in [1.82, 2.24) is 0 Å². The molecule has 0 aliphatic carbocycles. The number of carbonyl (C=O) groups excluding carboxylic acids is 1. The fourth-order valence-electron chi connectivity index (χ4n) is 4.65. The topological polar surface area (TPSA) is 32.8 Å². The summed E-state index contributed by atoms with van der Waals surface area (Å²) in [7, 11) is 0. The first-order valence-electron chi connectivity index (χ1n) is 11.2. The summed E-state index contributed by atoms with van der Waals surface area (Å²) in [5.41, 5.74) is -3.11. The van der Waals surface area contributed by atoms with Gasteiger partial charge < -0.3 is 4.74 Å². The molecule has 0 spiro atoms. The maximum Gasteiger partial charge on any atom is 0.573 e. The second-order valence-electron chi connectivity index (χ2n) is 9.25. The number of nitrogens with zero attached hydrogens (tertiary/aromatic N) is 2. The Morgan fingerprint density at radius 1 is 0.718 bits per heavy atom. The van der Waals surface area contributed by atoms with E-state index in [1.54, 1.807) is 0 Å². The van der Waals surface area contributed by atoms with Crippen LogP contribution >= 0.6 is 0 Å². The number of urea groups is 1. The molecule has 208 valence electrons. The number of halogens is 9. The van der Waals surface area contributed by atoms with Gasteiger partial charge in [-0.2, -0.15) is 26.3 Å². The van der Waals surface area contributed by atoms with E-state index in [0.717, 1.165) is 70.5 Å². The van der Waals surface area contributed by atoms with Gasteiger partial charge in [-0.05, 0) is 80.1 Å². The number of alkyl halides is 9. The molecule has 1 aliphatic heterocycles. The Morgan fingerprint density at radius 3 is 1.67 bits per heavy atom. The Morgan fingerprint density at radius 2 is 1.21 bits per heavy atom. The summed E-state index contributed by atoms with van der Waals surface area (Å²) in [5, 5.41) is 0. The van der Waals surface area contributed by atoms with Crippen molar-refractivity contribution in [3.63, 3.8) is 0 Å². The van der Waals surface area contributed by atoms with Gasteiger partial charge >= 0.3 is 24.7 Å². The summed E-state index contributed by atoms with van der Waals surface area (Å²) in [6.07, 6.45) is -14.3. The van der Waals surface area contributed by atoms with Crippen LogP contribution in [0.3, 0.4) is 0 Å². The van der Waals surface area contributed by atoms with Crippen LogP contribution in [0, 0.1) is 0 Å². The highest BCUT2D eigenvalue weighted by Gasteiger charge is 2.53. The van der Waals surface area contributed by atoms with Gasteiger partial charge in [-0.25, -0.2) is 4.79 Å². The summed E-state index contributed by atoms with van der Waals surface area (Å²) in [5.74, 6) is -0.594. The molecule has 13 heteroatoms. The largest absolute Gasteiger partial charge is 0.573 e. The first-order chi connectivity index (χ1) is 17.9. The number of rotatable bonds is 4. The van der Waals surface area contributed by atoms with Crippen molar-refractivity contribution in [3.05, 3.63) is 89.5 Å². The Balaban J connectivity index is 1.85. The number of amides is 2. The van der Waals surface area contributed by atoms with E-state index in [4.69, 9.17) is 0 Å². The van der Waals surface area contributed by atoms with E-state index >= 15 is 0 Å². The Labute approximate surface area is 216 Å². The van der Waals surface area contributed by atoms with Crippen LogP contribution in [0.2, 0.25) is 0 Å². The Kier molecular flexibility index (Phi) is 6.76. The van der Waals surface area contributed by atoms with E-state index in [1.165, 1.54) is 26.0 Å². The monoisotopic (exact) mass is 562 g/mol. The number of benzene rings is 3. The summed E-state index contributed by atoms with van der Waals surface area (Å²) < 4.78 is 121. The first kappa shape index (κ1) is 28.1. The van der Waals surface area contributed by atoms with Crippen molar-refractivity contribution in [3.8, 4) is 5.75 Å². The van der Waals surface area contributed by atoms with Crippen LogP contribution in [0.5, 0.6) is 5.75 Å². The molecule has 2 amide bonds. The lowest BCUT2D eigenvalue weighted by molar-refractivity contribution is -0.274. The van der Waals surface area contributed by atoms with Gasteiger partial charge in [0.15, 0.2) is 0 Å². The van der Waals surface area contributed by atoms with Gasteiger partial charge in [0, 0.05) is 11.4 Å². The van der Waals surface area contributed by atoms with Crippen LogP contribution in [0.4, 0.5) is 55.7 Å². The summed E-state index contributed by atoms with van der Waals surface area (Å²) in [6, 6.07) is 10.1. The summed E-state index contributed by atoms with van der Waals surface area (Å²) in [4.78, 5) is 16.0. The van der Waals surface area contributed by atoms with Crippen LogP contribution in [0.1, 0.15) is 36.6 Å². The second kappa shape index (κ2) is 9.38. The predicted octanol–water partition coefficient (Wildman–Crippen LogP) is 8.59. The van der Waals surface area contributed by atoms with E-state index in [2.05, 4.69) is 4.74 Å². The van der Waals surface area contributed by atoms with Crippen LogP contribution in [0.25, 0.3) is 0 Å². The molecule has 1 saturated heterocycles. The lowest BCUT2D eigenvalue weighted by atomic mass is 9.87. The van der Waals surface area contributed by atoms with E-state index in [9.17, 15) is 44.3 Å². The molecular weight excluding hydrogens is 543 g/mol. The highest BCUT2D eigenvalue weighted by atomic mass is 19.4. The molecule has 1 heterocycles. The molecule has 0 unspecified atom stereocenters. The molecule has 4 nitrogen and oxygen atoms in total. The Bertz CT molecular complexity index is 1350. The third-order valence-corrected chi connectivity index (χ3v) is 6.23. The van der Waals surface area contributed by atoms with Gasteiger partial charge in [0.25, 0.3) is 0 Å². The SMILES string of the molecule is CC1(C)[C@H](c2cccc(OC(F)(F)F)c2)N(c2ccc(C(F)(F)F)cc2)C(=O)N1c1ccc(C(F)(F)F)cc1. The van der Waals surface area contributed by atoms with Crippen LogP contribution in [-0.2, 0) is 12.4 Å². The molecule has 39 heavy (non-hydrogen) atoms. The second-order valence-corrected chi connectivity index (χ2v) is 9.25. The maximum absolute atomic E-state index is 13.8. The van der Waals surface area contributed by atoms with Crippen molar-refractivity contribution in [1.29, 1.82) is 0 Å². The predicted molar refractivity (Wildman–Crippen MR) is 123 cm³/mol. The molecule has 0 bridgehead atoms. The quantitative estimate of drug-likeness (QED) is 0.299. The number of carbonyl (C=O) groups is 1. The van der Waals surface area contributed by atoms with Gasteiger partial charge in [0.2, 0.25) is 0 Å². The average Bonchev–Trinajstić information content (AvgIpc) is 3.02. The molecule has 1 atom stereocenters. The first-order valence-corrected chi connectivity index (χ1v) is 11.2. The van der Waals surface area contributed by atoms with Crippen LogP contribution in [0.15, 0.2) is 72.8 Å². The highest BCUT2D eigenvalue weighted by molar-refractivity contribution is 6.08. The lowest BCUT2D eigenvalue weighted by Gasteiger charge is -2.35. The minimum atomic E-state index is -5.01. The van der Waals surface area contributed by atoms with E-state index < -0.39 is 53.2 Å². The number of hydrogen-bond donors (Lipinski definition) is 0. The molecule has 0 saturated carbocycles. The van der Waals surface area contributed by atoms with Crippen molar-refractivity contribution in [2.45, 2.75) is 44.1 Å². The van der Waals surface area contributed by atoms with Gasteiger partial charge in [-0.1, -0.05) is 12.1 Å². The van der Waals surface area contributed by atoms with Crippen molar-refractivity contribution in [2.24, 2.45) is 0 Å². The lowest BCUT2D eigenvalue weighted by Crippen LogP contribution is -2.43. The fraction of sp³-hybridized carbons (Fsp3) is 0.269. The fourth-order valence-corrected chi connectivity index (χ4v) is 4.65. The summed E-state index contributed by atoms with van der Waals surface area (Å²) >= 11 is 0. The molecule has 0 aromatic heterocycles. The normalized spacial score (nSPS) is 18.0. The Hall–Kier alpha value is -3.90. The van der Waals surface area contributed by atoms with Crippen LogP contribution in [-0.4, -0.2) is 17.9 Å². The van der Waals surface area contributed by atoms with Crippen molar-refractivity contribution >= 4 is 17.4 Å². The van der Waals surface area contributed by atoms with E-state index in [-0.39, 0.29) is 16.9 Å². The number of ether oxygens (including phenoxy) is 1. The zero-order chi connectivity index (χ0) is 29.0. The number of anilines is 2. The van der Waals surface area contributed by atoms with Crippen molar-refractivity contribution in [2.75, 3.05) is 9.80 Å². The third-order valence-electron chi connectivity index (χ3n) is 6.23. The van der Waals surface area contributed by atoms with Gasteiger partial charge in [-0.3, -0.25) is 9.80 Å². The van der Waals surface area contributed by atoms with E-state index in [0.29, 0.717) is 0 Å². The smallest absolute Gasteiger partial charge is 0.406 e. The molecule has 4 rings (SSSR count). The van der Waals surface area contributed by atoms with Gasteiger partial charge in [0.1, 0.15) is 5.75 Å². The van der Waals surface area contributed by atoms with E-state index in [1.807, 2.05) is 0 Å². The zero-order valence-corrected chi connectivity index (χ0v) is 20.1. The molecule has 0 N–H and O–H groups in total. The average molecular weight is 562 g/mol. The zero-order valence-electron chi connectivity index (χ0n) is 20.1. The van der Waals surface area contributed by atoms with Crippen LogP contribution < -0.4 is 14.5 Å². The third kappa shape index (κ3) is 5.62. The molecule has 1 aliphatic rings. The van der Waals surface area contributed by atoms with Crippen molar-refractivity contribution < 1.29 is 49.0 Å². The standard InChI is InChI=1S/C26H19F9N2O2/c1-23(2)21(15-4-3-5-20(14-15)39-26(33,34)35)36(18-10-6-16(7-11-18)24(27,28)29)22(38)37(23)19-12-8-17(9-13-19)25(30,31)32/h3-14,21H,1-2H3/t21-/m0/s1. The molecule has 3 aromatic carbocycles. The molecule has 1 fully saturated rings. The highest BCUT2D eigenvalue weighted by Crippen LogP contribution is 2.49. The summed E-state index contributed by atoms with van der Waals surface area (Å²) in [6.45, 7) is 3.07. The number of hydrogen-bond acceptors (Lipinski definition) is 2. The molecular formula is C26H19F9N2O2. The minimum Gasteiger partial charge on any atom is -0.406 e. The maximum atomic E-state index is 13.8. The van der Waals surface area contributed by atoms with Gasteiger partial charge in [-0.15, -0.1) is 13.2 Å². The molecule has 0 radical (unpaired) electrons. The molecule has 3 aromatic rings. The minimum absolute atomic E-state index is 0.0115. The van der Waals surface area contributed by atoms with Gasteiger partial charge in [0.05, 0.1) is 22.7 Å².